The number of fused-ring (bicyclic) bond motifs is 1. The molecule has 1 amide bonds. The largest absolute Gasteiger partial charge is 0.309 e. The van der Waals surface area contributed by atoms with Gasteiger partial charge in [-0.3, -0.25) is 9.79 Å². The number of amides is 1. The molecule has 0 atom stereocenters. The van der Waals surface area contributed by atoms with Gasteiger partial charge < -0.3 is 9.80 Å². The van der Waals surface area contributed by atoms with Crippen LogP contribution in [0.4, 0.5) is 5.69 Å². The van der Waals surface area contributed by atoms with Gasteiger partial charge in [-0.15, -0.1) is 0 Å². The number of benzene rings is 2. The molecular formula is C19H21N3O. The van der Waals surface area contributed by atoms with Crippen LogP contribution in [0.1, 0.15) is 11.1 Å². The molecule has 0 unspecified atom stereocenters. The van der Waals surface area contributed by atoms with Gasteiger partial charge in [0.25, 0.3) is 0 Å². The second-order valence-electron chi connectivity index (χ2n) is 5.90. The number of likely N-dealkylation sites (N-methyl/N-ethyl adjacent to an activating group) is 1. The average molecular weight is 307 g/mol. The molecule has 4 nitrogen and oxygen atoms in total. The van der Waals surface area contributed by atoms with E-state index >= 15 is 0 Å². The van der Waals surface area contributed by atoms with Crippen LogP contribution in [0.25, 0.3) is 0 Å². The van der Waals surface area contributed by atoms with Gasteiger partial charge in [0.15, 0.2) is 0 Å². The molecular weight excluding hydrogens is 286 g/mol. The zero-order valence-electron chi connectivity index (χ0n) is 13.6. The molecule has 118 valence electrons. The quantitative estimate of drug-likeness (QED) is 0.870. The van der Waals surface area contributed by atoms with Gasteiger partial charge in [-0.05, 0) is 20.2 Å². The van der Waals surface area contributed by atoms with Gasteiger partial charge in [0.1, 0.15) is 6.54 Å². The lowest BCUT2D eigenvalue weighted by Gasteiger charge is -2.24. The summed E-state index contributed by atoms with van der Waals surface area (Å²) in [5.74, 6) is 0.0465. The molecule has 2 aromatic carbocycles. The first-order valence-corrected chi connectivity index (χ1v) is 7.81. The second kappa shape index (κ2) is 6.75. The van der Waals surface area contributed by atoms with E-state index in [1.807, 2.05) is 73.6 Å². The first-order valence-electron chi connectivity index (χ1n) is 7.81. The van der Waals surface area contributed by atoms with E-state index in [4.69, 9.17) is 0 Å². The molecule has 0 aliphatic carbocycles. The lowest BCUT2D eigenvalue weighted by molar-refractivity contribution is -0.117. The zero-order chi connectivity index (χ0) is 16.2. The number of carbonyl (C=O) groups excluding carboxylic acids is 1. The van der Waals surface area contributed by atoms with Crippen LogP contribution in [-0.2, 0) is 4.79 Å². The first-order chi connectivity index (χ1) is 11.2. The first kappa shape index (κ1) is 15.4. The van der Waals surface area contributed by atoms with Gasteiger partial charge in [-0.2, -0.15) is 0 Å². The van der Waals surface area contributed by atoms with Gasteiger partial charge in [0.05, 0.1) is 11.4 Å². The summed E-state index contributed by atoms with van der Waals surface area (Å²) in [7, 11) is 4.03. The van der Waals surface area contributed by atoms with Crippen molar-refractivity contribution in [3.05, 3.63) is 65.7 Å². The van der Waals surface area contributed by atoms with Crippen LogP contribution in [-0.4, -0.2) is 50.2 Å². The van der Waals surface area contributed by atoms with E-state index in [0.29, 0.717) is 6.54 Å². The Kier molecular flexibility index (Phi) is 4.53. The smallest absolute Gasteiger partial charge is 0.248 e. The average Bonchev–Trinajstić information content (AvgIpc) is 2.70. The van der Waals surface area contributed by atoms with Gasteiger partial charge >= 0.3 is 0 Å². The highest BCUT2D eigenvalue weighted by atomic mass is 16.2. The number of rotatable bonds is 4. The number of hydrogen-bond acceptors (Lipinski definition) is 3. The lowest BCUT2D eigenvalue weighted by atomic mass is 10.0. The van der Waals surface area contributed by atoms with E-state index < -0.39 is 0 Å². The summed E-state index contributed by atoms with van der Waals surface area (Å²) in [5, 5.41) is 0. The minimum Gasteiger partial charge on any atom is -0.309 e. The van der Waals surface area contributed by atoms with Crippen LogP contribution in [0.3, 0.4) is 0 Å². The molecule has 0 radical (unpaired) electrons. The van der Waals surface area contributed by atoms with E-state index in [2.05, 4.69) is 9.89 Å². The Morgan fingerprint density at radius 2 is 1.74 bits per heavy atom. The highest BCUT2D eigenvalue weighted by Crippen LogP contribution is 2.26. The molecule has 1 heterocycles. The van der Waals surface area contributed by atoms with E-state index in [-0.39, 0.29) is 12.5 Å². The molecule has 2 aromatic rings. The molecule has 23 heavy (non-hydrogen) atoms. The van der Waals surface area contributed by atoms with Gasteiger partial charge in [0.2, 0.25) is 5.91 Å². The van der Waals surface area contributed by atoms with E-state index in [1.54, 1.807) is 0 Å². The highest BCUT2D eigenvalue weighted by Gasteiger charge is 2.24. The highest BCUT2D eigenvalue weighted by molar-refractivity contribution is 6.19. The third kappa shape index (κ3) is 3.32. The van der Waals surface area contributed by atoms with Gasteiger partial charge in [-0.1, -0.05) is 48.5 Å². The number of hydrogen-bond donors (Lipinski definition) is 0. The van der Waals surface area contributed by atoms with Crippen molar-refractivity contribution in [1.29, 1.82) is 0 Å². The maximum Gasteiger partial charge on any atom is 0.248 e. The predicted molar refractivity (Wildman–Crippen MR) is 94.3 cm³/mol. The van der Waals surface area contributed by atoms with Crippen molar-refractivity contribution in [2.75, 3.05) is 38.6 Å². The predicted octanol–water partition coefficient (Wildman–Crippen LogP) is 2.43. The normalized spacial score (nSPS) is 14.5. The summed E-state index contributed by atoms with van der Waals surface area (Å²) in [4.78, 5) is 21.1. The number of para-hydroxylation sites is 1. The van der Waals surface area contributed by atoms with Crippen LogP contribution < -0.4 is 4.90 Å². The topological polar surface area (TPSA) is 35.9 Å². The fraction of sp³-hybridized carbons (Fsp3) is 0.263. The minimum absolute atomic E-state index is 0.0465. The van der Waals surface area contributed by atoms with E-state index in [1.165, 1.54) is 0 Å². The Balaban J connectivity index is 2.04. The molecule has 4 heteroatoms. The number of nitrogens with zero attached hydrogens (tertiary/aromatic N) is 3. The van der Waals surface area contributed by atoms with Crippen molar-refractivity contribution >= 4 is 17.3 Å². The Labute approximate surface area is 137 Å². The SMILES string of the molecule is CN(C)CCN1C(=O)CN=C(c2ccccc2)c2ccccc21. The van der Waals surface area contributed by atoms with Crippen LogP contribution in [0, 0.1) is 0 Å². The van der Waals surface area contributed by atoms with Crippen LogP contribution in [0.2, 0.25) is 0 Å². The van der Waals surface area contributed by atoms with Crippen LogP contribution in [0.15, 0.2) is 59.6 Å². The molecule has 0 N–H and O–H groups in total. The Morgan fingerprint density at radius 3 is 2.48 bits per heavy atom. The second-order valence-corrected chi connectivity index (χ2v) is 5.90. The molecule has 1 aliphatic rings. The summed E-state index contributed by atoms with van der Waals surface area (Å²) >= 11 is 0. The fourth-order valence-corrected chi connectivity index (χ4v) is 2.75. The minimum atomic E-state index is 0.0465. The van der Waals surface area contributed by atoms with E-state index in [9.17, 15) is 4.79 Å². The van der Waals surface area contributed by atoms with E-state index in [0.717, 1.165) is 29.1 Å². The van der Waals surface area contributed by atoms with Crippen LogP contribution >= 0.6 is 0 Å². The maximum atomic E-state index is 12.6. The third-order valence-corrected chi connectivity index (χ3v) is 3.94. The molecule has 3 rings (SSSR count). The van der Waals surface area contributed by atoms with Crippen molar-refractivity contribution < 1.29 is 4.79 Å². The Bertz CT molecular complexity index is 722. The van der Waals surface area contributed by atoms with Crippen molar-refractivity contribution in [1.82, 2.24) is 4.90 Å². The van der Waals surface area contributed by atoms with Crippen LogP contribution in [0.5, 0.6) is 0 Å². The summed E-state index contributed by atoms with van der Waals surface area (Å²) in [6.07, 6.45) is 0. The number of anilines is 1. The summed E-state index contributed by atoms with van der Waals surface area (Å²) in [6.45, 7) is 1.67. The molecule has 0 spiro atoms. The maximum absolute atomic E-state index is 12.6. The molecule has 0 aromatic heterocycles. The Morgan fingerprint density at radius 1 is 1.04 bits per heavy atom. The third-order valence-electron chi connectivity index (χ3n) is 3.94. The van der Waals surface area contributed by atoms with Gasteiger partial charge in [0, 0.05) is 24.2 Å². The lowest BCUT2D eigenvalue weighted by Crippen LogP contribution is -2.37. The summed E-state index contributed by atoms with van der Waals surface area (Å²) in [6, 6.07) is 18.1. The van der Waals surface area contributed by atoms with Gasteiger partial charge in [-0.25, -0.2) is 0 Å². The van der Waals surface area contributed by atoms with Crippen molar-refractivity contribution in [3.63, 3.8) is 0 Å². The standard InChI is InChI=1S/C19H21N3O/c1-21(2)12-13-22-17-11-7-6-10-16(17)19(20-14-18(22)23)15-8-4-3-5-9-15/h3-11H,12-14H2,1-2H3. The molecule has 0 bridgehead atoms. The molecule has 1 aliphatic heterocycles. The monoisotopic (exact) mass is 307 g/mol. The summed E-state index contributed by atoms with van der Waals surface area (Å²) < 4.78 is 0. The van der Waals surface area contributed by atoms with Crippen molar-refractivity contribution in [2.24, 2.45) is 4.99 Å². The number of aliphatic imine (C=N–C) groups is 1. The zero-order valence-corrected chi connectivity index (χ0v) is 13.6. The Hall–Kier alpha value is -2.46. The molecule has 0 saturated carbocycles. The number of carbonyl (C=O) groups is 1. The van der Waals surface area contributed by atoms with Crippen molar-refractivity contribution in [3.8, 4) is 0 Å². The molecule has 0 saturated heterocycles. The van der Waals surface area contributed by atoms with Crippen molar-refractivity contribution in [2.45, 2.75) is 0 Å². The molecule has 0 fully saturated rings. The number of benzodiazepines with no additional fused rings is 1. The fourth-order valence-electron chi connectivity index (χ4n) is 2.75. The summed E-state index contributed by atoms with van der Waals surface area (Å²) in [5.41, 5.74) is 3.90.